The van der Waals surface area contributed by atoms with E-state index in [0.29, 0.717) is 48.7 Å². The number of nitrogens with zero attached hydrogens (tertiary/aromatic N) is 2. The molecule has 1 unspecified atom stereocenters. The lowest BCUT2D eigenvalue weighted by Gasteiger charge is -2.26. The fraction of sp³-hybridized carbons (Fsp3) is 0.368. The number of hydrogen-bond donors (Lipinski definition) is 2. The first-order valence-corrected chi connectivity index (χ1v) is 9.17. The minimum atomic E-state index is -0.00554. The molecule has 2 N–H and O–H groups in total. The molecule has 0 aliphatic carbocycles. The number of nitrogens with one attached hydrogen (secondary N) is 2. The zero-order valence-corrected chi connectivity index (χ0v) is 15.3. The number of morpholine rings is 1. The number of amides is 1. The highest BCUT2D eigenvalue weighted by atomic mass is 35.5. The first-order chi connectivity index (χ1) is 12.6. The molecule has 1 aromatic heterocycles. The number of benzene rings is 1. The lowest BCUT2D eigenvalue weighted by atomic mass is 10.1. The molecule has 26 heavy (non-hydrogen) atoms. The maximum Gasteiger partial charge on any atom is 0.255 e. The molecule has 2 aliphatic heterocycles. The third-order valence-corrected chi connectivity index (χ3v) is 4.92. The predicted octanol–water partition coefficient (Wildman–Crippen LogP) is 3.31. The van der Waals surface area contributed by atoms with Crippen molar-refractivity contribution in [2.75, 3.05) is 36.9 Å². The van der Waals surface area contributed by atoms with Crippen molar-refractivity contribution in [2.24, 2.45) is 0 Å². The van der Waals surface area contributed by atoms with Crippen molar-refractivity contribution in [1.29, 1.82) is 0 Å². The summed E-state index contributed by atoms with van der Waals surface area (Å²) in [7, 11) is 0. The third-order valence-electron chi connectivity index (χ3n) is 4.70. The second-order valence-electron chi connectivity index (χ2n) is 6.69. The minimum Gasteiger partial charge on any atom is -0.382 e. The Labute approximate surface area is 157 Å². The van der Waals surface area contributed by atoms with Crippen LogP contribution in [-0.2, 0) is 11.2 Å². The fourth-order valence-corrected chi connectivity index (χ4v) is 3.62. The Morgan fingerprint density at radius 1 is 1.35 bits per heavy atom. The van der Waals surface area contributed by atoms with E-state index in [-0.39, 0.29) is 5.91 Å². The average Bonchev–Trinajstić information content (AvgIpc) is 3.03. The van der Waals surface area contributed by atoms with E-state index in [4.69, 9.17) is 16.3 Å². The zero-order valence-electron chi connectivity index (χ0n) is 14.6. The second-order valence-corrected chi connectivity index (χ2v) is 7.13. The molecule has 1 aromatic carbocycles. The summed E-state index contributed by atoms with van der Waals surface area (Å²) >= 11 is 6.23. The van der Waals surface area contributed by atoms with Gasteiger partial charge < -0.3 is 20.3 Å². The monoisotopic (exact) mass is 372 g/mol. The molecular weight excluding hydrogens is 352 g/mol. The van der Waals surface area contributed by atoms with Crippen molar-refractivity contribution in [3.05, 3.63) is 46.6 Å². The molecule has 0 spiro atoms. The van der Waals surface area contributed by atoms with Crippen LogP contribution in [0.2, 0.25) is 5.02 Å². The molecule has 1 saturated heterocycles. The summed E-state index contributed by atoms with van der Waals surface area (Å²) in [6.07, 6.45) is 2.55. The maximum atomic E-state index is 12.5. The molecule has 0 radical (unpaired) electrons. The van der Waals surface area contributed by atoms with Gasteiger partial charge in [-0.3, -0.25) is 4.79 Å². The van der Waals surface area contributed by atoms with Crippen molar-refractivity contribution in [2.45, 2.75) is 19.4 Å². The molecule has 1 atom stereocenters. The van der Waals surface area contributed by atoms with Gasteiger partial charge in [-0.05, 0) is 37.6 Å². The standard InChI is InChI=1S/C19H21ClN4O2/c1-12-8-15-16(22-12)9-14(20)10-17(15)23-18-3-2-13(11-21-18)19(25)24-4-6-26-7-5-24/h2-3,9-12,22H,4-8H2,1H3,(H,21,23). The molecule has 7 heteroatoms. The molecule has 2 aliphatic rings. The summed E-state index contributed by atoms with van der Waals surface area (Å²) in [5.41, 5.74) is 3.80. The largest absolute Gasteiger partial charge is 0.382 e. The Hall–Kier alpha value is -2.31. The van der Waals surface area contributed by atoms with E-state index in [1.807, 2.05) is 18.2 Å². The first-order valence-electron chi connectivity index (χ1n) is 8.79. The summed E-state index contributed by atoms with van der Waals surface area (Å²) in [5.74, 6) is 0.682. The molecule has 0 saturated carbocycles. The van der Waals surface area contributed by atoms with Crippen LogP contribution in [-0.4, -0.2) is 48.1 Å². The summed E-state index contributed by atoms with van der Waals surface area (Å²) in [5, 5.41) is 7.42. The number of ether oxygens (including phenoxy) is 1. The van der Waals surface area contributed by atoms with E-state index < -0.39 is 0 Å². The Morgan fingerprint density at radius 2 is 2.15 bits per heavy atom. The van der Waals surface area contributed by atoms with E-state index in [0.717, 1.165) is 17.8 Å². The van der Waals surface area contributed by atoms with Crippen LogP contribution in [0.15, 0.2) is 30.5 Å². The van der Waals surface area contributed by atoms with E-state index in [2.05, 4.69) is 22.5 Å². The van der Waals surface area contributed by atoms with E-state index in [9.17, 15) is 4.79 Å². The molecule has 1 fully saturated rings. The SMILES string of the molecule is CC1Cc2c(Nc3ccc(C(=O)N4CCOCC4)cn3)cc(Cl)cc2N1. The van der Waals surface area contributed by atoms with Crippen LogP contribution in [0.25, 0.3) is 0 Å². The normalized spacial score (nSPS) is 19.0. The van der Waals surface area contributed by atoms with Crippen LogP contribution in [0.3, 0.4) is 0 Å². The molecule has 6 nitrogen and oxygen atoms in total. The summed E-state index contributed by atoms with van der Waals surface area (Å²) < 4.78 is 5.29. The first kappa shape index (κ1) is 17.1. The highest BCUT2D eigenvalue weighted by Gasteiger charge is 2.22. The number of fused-ring (bicyclic) bond motifs is 1. The number of anilines is 3. The minimum absolute atomic E-state index is 0.00554. The second kappa shape index (κ2) is 7.13. The molecule has 0 bridgehead atoms. The van der Waals surface area contributed by atoms with Crippen LogP contribution in [0, 0.1) is 0 Å². The molecular formula is C19H21ClN4O2. The lowest BCUT2D eigenvalue weighted by Crippen LogP contribution is -2.40. The Bertz CT molecular complexity index is 819. The smallest absolute Gasteiger partial charge is 0.255 e. The van der Waals surface area contributed by atoms with Gasteiger partial charge in [0.1, 0.15) is 5.82 Å². The van der Waals surface area contributed by atoms with E-state index in [1.165, 1.54) is 5.56 Å². The van der Waals surface area contributed by atoms with Gasteiger partial charge in [-0.25, -0.2) is 4.98 Å². The number of carbonyl (C=O) groups excluding carboxylic acids is 1. The molecule has 4 rings (SSSR count). The Balaban J connectivity index is 1.51. The number of rotatable bonds is 3. The topological polar surface area (TPSA) is 66.5 Å². The number of hydrogen-bond acceptors (Lipinski definition) is 5. The van der Waals surface area contributed by atoms with E-state index in [1.54, 1.807) is 17.2 Å². The summed E-state index contributed by atoms with van der Waals surface area (Å²) in [4.78, 5) is 18.7. The third kappa shape index (κ3) is 3.48. The van der Waals surface area contributed by atoms with Gasteiger partial charge in [0.2, 0.25) is 0 Å². The summed E-state index contributed by atoms with van der Waals surface area (Å²) in [6.45, 7) is 4.57. The number of halogens is 1. The lowest BCUT2D eigenvalue weighted by molar-refractivity contribution is 0.0302. The van der Waals surface area contributed by atoms with Crippen LogP contribution >= 0.6 is 11.6 Å². The van der Waals surface area contributed by atoms with Crippen LogP contribution < -0.4 is 10.6 Å². The highest BCUT2D eigenvalue weighted by Crippen LogP contribution is 2.36. The van der Waals surface area contributed by atoms with Crippen molar-refractivity contribution in [1.82, 2.24) is 9.88 Å². The van der Waals surface area contributed by atoms with Gasteiger partial charge in [0.15, 0.2) is 0 Å². The van der Waals surface area contributed by atoms with Crippen LogP contribution in [0.5, 0.6) is 0 Å². The van der Waals surface area contributed by atoms with Crippen LogP contribution in [0.1, 0.15) is 22.8 Å². The van der Waals surface area contributed by atoms with Gasteiger partial charge in [0.05, 0.1) is 18.8 Å². The van der Waals surface area contributed by atoms with E-state index >= 15 is 0 Å². The van der Waals surface area contributed by atoms with Gasteiger partial charge in [-0.2, -0.15) is 0 Å². The Morgan fingerprint density at radius 3 is 2.88 bits per heavy atom. The van der Waals surface area contributed by atoms with Crippen molar-refractivity contribution < 1.29 is 9.53 Å². The number of pyridine rings is 1. The van der Waals surface area contributed by atoms with Gasteiger partial charge in [-0.15, -0.1) is 0 Å². The van der Waals surface area contributed by atoms with Crippen LogP contribution in [0.4, 0.5) is 17.2 Å². The maximum absolute atomic E-state index is 12.5. The van der Waals surface area contributed by atoms with Gasteiger partial charge in [-0.1, -0.05) is 11.6 Å². The quantitative estimate of drug-likeness (QED) is 0.865. The van der Waals surface area contributed by atoms with Crippen molar-refractivity contribution >= 4 is 34.7 Å². The predicted molar refractivity (Wildman–Crippen MR) is 102 cm³/mol. The molecule has 3 heterocycles. The number of carbonyl (C=O) groups is 1. The number of aromatic nitrogens is 1. The summed E-state index contributed by atoms with van der Waals surface area (Å²) in [6, 6.07) is 7.87. The molecule has 1 amide bonds. The molecule has 2 aromatic rings. The van der Waals surface area contributed by atoms with Crippen molar-refractivity contribution in [3.63, 3.8) is 0 Å². The fourth-order valence-electron chi connectivity index (χ4n) is 3.40. The van der Waals surface area contributed by atoms with Gasteiger partial charge in [0.25, 0.3) is 5.91 Å². The highest BCUT2D eigenvalue weighted by molar-refractivity contribution is 6.31. The van der Waals surface area contributed by atoms with Gasteiger partial charge >= 0.3 is 0 Å². The zero-order chi connectivity index (χ0) is 18.1. The Kier molecular flexibility index (Phi) is 4.70. The van der Waals surface area contributed by atoms with Crippen molar-refractivity contribution in [3.8, 4) is 0 Å². The average molecular weight is 373 g/mol. The molecule has 136 valence electrons. The van der Waals surface area contributed by atoms with Gasteiger partial charge in [0, 0.05) is 47.3 Å².